The van der Waals surface area contributed by atoms with Crippen molar-refractivity contribution in [2.24, 2.45) is 0 Å². The lowest BCUT2D eigenvalue weighted by Gasteiger charge is -2.06. The molecule has 0 fully saturated rings. The second-order valence-electron chi connectivity index (χ2n) is 5.22. The summed E-state index contributed by atoms with van der Waals surface area (Å²) in [6.45, 7) is 2.00. The van der Waals surface area contributed by atoms with Gasteiger partial charge in [-0.15, -0.1) is 0 Å². The smallest absolute Gasteiger partial charge is 0.379 e. The van der Waals surface area contributed by atoms with Crippen LogP contribution in [0, 0.1) is 0 Å². The van der Waals surface area contributed by atoms with Crippen LogP contribution in [0.2, 0.25) is 0 Å². The maximum absolute atomic E-state index is 11.7. The molecule has 0 aliphatic heterocycles. The van der Waals surface area contributed by atoms with Crippen molar-refractivity contribution < 1.29 is 23.9 Å². The van der Waals surface area contributed by atoms with E-state index in [-0.39, 0.29) is 24.7 Å². The molecule has 1 aromatic carbocycles. The first-order valence-corrected chi connectivity index (χ1v) is 8.07. The van der Waals surface area contributed by atoms with Crippen LogP contribution in [0.4, 0.5) is 0 Å². The van der Waals surface area contributed by atoms with E-state index < -0.39 is 11.8 Å². The molecular weight excluding hydrogens is 296 g/mol. The van der Waals surface area contributed by atoms with E-state index in [1.165, 1.54) is 6.42 Å². The molecule has 0 unspecified atom stereocenters. The van der Waals surface area contributed by atoms with Crippen LogP contribution in [0.5, 0.6) is 0 Å². The lowest BCUT2D eigenvalue weighted by atomic mass is 10.1. The van der Waals surface area contributed by atoms with Gasteiger partial charge in [-0.2, -0.15) is 0 Å². The van der Waals surface area contributed by atoms with E-state index in [4.69, 9.17) is 9.47 Å². The van der Waals surface area contributed by atoms with E-state index in [9.17, 15) is 14.4 Å². The van der Waals surface area contributed by atoms with Gasteiger partial charge >= 0.3 is 11.9 Å². The average molecular weight is 320 g/mol. The van der Waals surface area contributed by atoms with Crippen LogP contribution < -0.4 is 0 Å². The van der Waals surface area contributed by atoms with Crippen LogP contribution in [0.25, 0.3) is 0 Å². The highest BCUT2D eigenvalue weighted by Crippen LogP contribution is 2.06. The average Bonchev–Trinajstić information content (AvgIpc) is 2.58. The minimum Gasteiger partial charge on any atom is -0.462 e. The molecule has 0 N–H and O–H groups in total. The molecule has 126 valence electrons. The standard InChI is InChI=1S/C18H24O5/c1-2-3-4-5-9-12-16(19)22-13-14-23-18(21)17(20)15-10-7-6-8-11-15/h6-8,10-11H,2-5,9,12-14H2,1H3. The Hall–Kier alpha value is -2.17. The van der Waals surface area contributed by atoms with Crippen LogP contribution in [0.1, 0.15) is 55.8 Å². The number of unbranched alkanes of at least 4 members (excludes halogenated alkanes) is 4. The first kappa shape index (κ1) is 18.9. The maximum Gasteiger partial charge on any atom is 0.379 e. The van der Waals surface area contributed by atoms with Gasteiger partial charge in [0.2, 0.25) is 0 Å². The van der Waals surface area contributed by atoms with Crippen molar-refractivity contribution >= 4 is 17.7 Å². The number of ether oxygens (including phenoxy) is 2. The van der Waals surface area contributed by atoms with Gasteiger partial charge in [0, 0.05) is 12.0 Å². The molecule has 5 nitrogen and oxygen atoms in total. The second-order valence-corrected chi connectivity index (χ2v) is 5.22. The molecule has 5 heteroatoms. The second kappa shape index (κ2) is 11.4. The summed E-state index contributed by atoms with van der Waals surface area (Å²) in [6, 6.07) is 8.18. The molecular formula is C18H24O5. The van der Waals surface area contributed by atoms with E-state index in [0.29, 0.717) is 6.42 Å². The summed E-state index contributed by atoms with van der Waals surface area (Å²) in [5.74, 6) is -1.94. The zero-order chi connectivity index (χ0) is 16.9. The van der Waals surface area contributed by atoms with E-state index >= 15 is 0 Å². The highest BCUT2D eigenvalue weighted by molar-refractivity contribution is 6.40. The molecule has 1 aromatic rings. The van der Waals surface area contributed by atoms with E-state index in [1.807, 2.05) is 0 Å². The predicted octanol–water partition coefficient (Wildman–Crippen LogP) is 3.32. The summed E-state index contributed by atoms with van der Waals surface area (Å²) in [7, 11) is 0. The number of carbonyl (C=O) groups is 3. The fraction of sp³-hybridized carbons (Fsp3) is 0.500. The molecule has 0 saturated carbocycles. The number of hydrogen-bond acceptors (Lipinski definition) is 5. The van der Waals surface area contributed by atoms with Crippen molar-refractivity contribution in [2.45, 2.75) is 45.4 Å². The van der Waals surface area contributed by atoms with Crippen LogP contribution in [-0.4, -0.2) is 30.9 Å². The zero-order valence-corrected chi connectivity index (χ0v) is 13.6. The monoisotopic (exact) mass is 320 g/mol. The Bertz CT molecular complexity index is 495. The molecule has 0 aliphatic rings. The van der Waals surface area contributed by atoms with Crippen LogP contribution >= 0.6 is 0 Å². The lowest BCUT2D eigenvalue weighted by molar-refractivity contribution is -0.149. The topological polar surface area (TPSA) is 69.7 Å². The van der Waals surface area contributed by atoms with Crippen molar-refractivity contribution in [3.8, 4) is 0 Å². The highest BCUT2D eigenvalue weighted by Gasteiger charge is 2.17. The number of benzene rings is 1. The van der Waals surface area contributed by atoms with E-state index in [2.05, 4.69) is 6.92 Å². The Morgan fingerprint density at radius 1 is 0.870 bits per heavy atom. The number of rotatable bonds is 11. The Morgan fingerprint density at radius 2 is 1.52 bits per heavy atom. The molecule has 0 spiro atoms. The Kier molecular flexibility index (Phi) is 9.36. The fourth-order valence-electron chi connectivity index (χ4n) is 2.01. The third-order valence-electron chi connectivity index (χ3n) is 3.29. The Labute approximate surface area is 137 Å². The Morgan fingerprint density at radius 3 is 2.22 bits per heavy atom. The van der Waals surface area contributed by atoms with E-state index in [0.717, 1.165) is 25.7 Å². The molecule has 0 saturated heterocycles. The number of ketones is 1. The van der Waals surface area contributed by atoms with Gasteiger partial charge in [0.25, 0.3) is 5.78 Å². The minimum absolute atomic E-state index is 0.0262. The van der Waals surface area contributed by atoms with Gasteiger partial charge in [0.15, 0.2) is 0 Å². The van der Waals surface area contributed by atoms with Crippen molar-refractivity contribution in [1.82, 2.24) is 0 Å². The highest BCUT2D eigenvalue weighted by atomic mass is 16.6. The van der Waals surface area contributed by atoms with Gasteiger partial charge in [-0.05, 0) is 6.42 Å². The summed E-state index contributed by atoms with van der Waals surface area (Å²) in [5, 5.41) is 0. The summed E-state index contributed by atoms with van der Waals surface area (Å²) < 4.78 is 9.76. The van der Waals surface area contributed by atoms with Crippen molar-refractivity contribution in [1.29, 1.82) is 0 Å². The van der Waals surface area contributed by atoms with Gasteiger partial charge in [-0.3, -0.25) is 9.59 Å². The summed E-state index contributed by atoms with van der Waals surface area (Å²) in [5.41, 5.74) is 0.279. The molecule has 0 heterocycles. The molecule has 0 atom stereocenters. The van der Waals surface area contributed by atoms with Crippen LogP contribution in [0.15, 0.2) is 30.3 Å². The zero-order valence-electron chi connectivity index (χ0n) is 13.6. The van der Waals surface area contributed by atoms with E-state index in [1.54, 1.807) is 30.3 Å². The summed E-state index contributed by atoms with van der Waals surface area (Å²) in [4.78, 5) is 34.7. The fourth-order valence-corrected chi connectivity index (χ4v) is 2.01. The maximum atomic E-state index is 11.7. The third kappa shape index (κ3) is 8.14. The molecule has 0 radical (unpaired) electrons. The van der Waals surface area contributed by atoms with Gasteiger partial charge in [-0.1, -0.05) is 62.9 Å². The van der Waals surface area contributed by atoms with Gasteiger partial charge < -0.3 is 9.47 Å². The largest absolute Gasteiger partial charge is 0.462 e. The van der Waals surface area contributed by atoms with Gasteiger partial charge in [-0.25, -0.2) is 4.79 Å². The summed E-state index contributed by atoms with van der Waals surface area (Å²) in [6.07, 6.45) is 5.68. The Balaban J connectivity index is 2.11. The number of Topliss-reactive ketones (excluding diaryl/α,β-unsaturated/α-hetero) is 1. The SMILES string of the molecule is CCCCCCCC(=O)OCCOC(=O)C(=O)c1ccccc1. The van der Waals surface area contributed by atoms with Crippen LogP contribution in [-0.2, 0) is 19.1 Å². The number of hydrogen-bond donors (Lipinski definition) is 0. The third-order valence-corrected chi connectivity index (χ3v) is 3.29. The first-order chi connectivity index (χ1) is 11.1. The number of esters is 2. The number of carbonyl (C=O) groups excluding carboxylic acids is 3. The molecule has 1 rings (SSSR count). The molecule has 0 bridgehead atoms. The molecule has 0 amide bonds. The normalized spacial score (nSPS) is 10.1. The van der Waals surface area contributed by atoms with Gasteiger partial charge in [0.1, 0.15) is 13.2 Å². The molecule has 0 aromatic heterocycles. The van der Waals surface area contributed by atoms with Crippen molar-refractivity contribution in [3.05, 3.63) is 35.9 Å². The van der Waals surface area contributed by atoms with Crippen molar-refractivity contribution in [2.75, 3.05) is 13.2 Å². The van der Waals surface area contributed by atoms with Gasteiger partial charge in [0.05, 0.1) is 0 Å². The first-order valence-electron chi connectivity index (χ1n) is 8.07. The quantitative estimate of drug-likeness (QED) is 0.271. The van der Waals surface area contributed by atoms with Crippen LogP contribution in [0.3, 0.4) is 0 Å². The minimum atomic E-state index is -0.938. The predicted molar refractivity (Wildman–Crippen MR) is 86.1 cm³/mol. The molecule has 0 aliphatic carbocycles. The van der Waals surface area contributed by atoms with Crippen molar-refractivity contribution in [3.63, 3.8) is 0 Å². The lowest BCUT2D eigenvalue weighted by Crippen LogP contribution is -2.20. The summed E-state index contributed by atoms with van der Waals surface area (Å²) >= 11 is 0. The molecule has 23 heavy (non-hydrogen) atoms.